The van der Waals surface area contributed by atoms with Crippen molar-refractivity contribution < 1.29 is 22.7 Å². The van der Waals surface area contributed by atoms with Gasteiger partial charge in [-0.1, -0.05) is 0 Å². The van der Waals surface area contributed by atoms with Crippen LogP contribution in [-0.2, 0) is 11.3 Å². The molecule has 0 aromatic carbocycles. The second-order valence-electron chi connectivity index (χ2n) is 8.47. The van der Waals surface area contributed by atoms with Gasteiger partial charge in [0.1, 0.15) is 6.54 Å². The average molecular weight is 520 g/mol. The lowest BCUT2D eigenvalue weighted by Crippen LogP contribution is -2.37. The first-order valence-corrected chi connectivity index (χ1v) is 12.3. The van der Waals surface area contributed by atoms with Gasteiger partial charge < -0.3 is 10.1 Å². The van der Waals surface area contributed by atoms with Crippen LogP contribution in [0.4, 0.5) is 13.2 Å². The monoisotopic (exact) mass is 519 g/mol. The number of carbonyl (C=O) groups excluding carboxylic acids is 1. The van der Waals surface area contributed by atoms with E-state index in [0.717, 1.165) is 68.3 Å². The van der Waals surface area contributed by atoms with E-state index in [1.54, 1.807) is 34.6 Å². The minimum absolute atomic E-state index is 0.186. The molecule has 0 radical (unpaired) electrons. The highest BCUT2D eigenvalue weighted by atomic mass is 32.1. The van der Waals surface area contributed by atoms with Crippen molar-refractivity contribution in [2.45, 2.75) is 19.1 Å². The van der Waals surface area contributed by atoms with E-state index in [0.29, 0.717) is 16.8 Å². The van der Waals surface area contributed by atoms with Crippen LogP contribution in [0.25, 0.3) is 27.9 Å². The molecule has 0 saturated carbocycles. The fraction of sp³-hybridized carbons (Fsp3) is 0.391. The Bertz CT molecular complexity index is 1340. The summed E-state index contributed by atoms with van der Waals surface area (Å²) < 4.78 is 46.1. The predicted octanol–water partition coefficient (Wildman–Crippen LogP) is 3.34. The number of alkyl halides is 3. The summed E-state index contributed by atoms with van der Waals surface area (Å²) in [5.74, 6) is -0.766. The van der Waals surface area contributed by atoms with Gasteiger partial charge in [0.25, 0.3) is 5.91 Å². The van der Waals surface area contributed by atoms with Gasteiger partial charge in [-0.15, -0.1) is 11.3 Å². The van der Waals surface area contributed by atoms with Gasteiger partial charge in [0.15, 0.2) is 5.65 Å². The zero-order chi connectivity index (χ0) is 25.1. The van der Waals surface area contributed by atoms with E-state index in [1.165, 1.54) is 0 Å². The fourth-order valence-corrected chi connectivity index (χ4v) is 4.83. The maximum atomic E-state index is 12.4. The SMILES string of the molecule is O=C(NCC(F)(F)F)c1cc(-c2cnn3cc(-c4cnn(CCCN5CCOCC5)c4)cnc23)cs1. The molecule has 5 rings (SSSR count). The lowest BCUT2D eigenvalue weighted by Gasteiger charge is -2.26. The first-order chi connectivity index (χ1) is 17.4. The van der Waals surface area contributed by atoms with Crippen molar-refractivity contribution in [2.75, 3.05) is 39.4 Å². The maximum Gasteiger partial charge on any atom is 0.405 e. The standard InChI is InChI=1S/C23H24F3N7O2S/c24-23(25,26)15-28-22(34)20-8-16(14-36-20)19-11-30-33-13-17(9-27-21(19)33)18-10-29-32(12-18)3-1-2-31-4-6-35-7-5-31/h8-14H,1-7,15H2,(H,28,34). The number of fused-ring (bicyclic) bond motifs is 1. The smallest absolute Gasteiger partial charge is 0.379 e. The summed E-state index contributed by atoms with van der Waals surface area (Å²) in [5, 5.41) is 12.4. The minimum atomic E-state index is -4.46. The molecule has 1 aliphatic rings. The first kappa shape index (κ1) is 24.4. The third kappa shape index (κ3) is 5.74. The molecule has 1 amide bonds. The average Bonchev–Trinajstić information content (AvgIpc) is 3.62. The minimum Gasteiger partial charge on any atom is -0.379 e. The van der Waals surface area contributed by atoms with E-state index in [4.69, 9.17) is 4.74 Å². The largest absolute Gasteiger partial charge is 0.405 e. The van der Waals surface area contributed by atoms with Crippen molar-refractivity contribution in [2.24, 2.45) is 0 Å². The van der Waals surface area contributed by atoms with Crippen LogP contribution in [0.5, 0.6) is 0 Å². The van der Waals surface area contributed by atoms with Crippen LogP contribution in [0.3, 0.4) is 0 Å². The van der Waals surface area contributed by atoms with Crippen LogP contribution < -0.4 is 5.32 Å². The molecular weight excluding hydrogens is 495 g/mol. The zero-order valence-electron chi connectivity index (χ0n) is 19.2. The van der Waals surface area contributed by atoms with Crippen LogP contribution in [0.15, 0.2) is 42.4 Å². The number of aromatic nitrogens is 5. The van der Waals surface area contributed by atoms with Gasteiger partial charge in [-0.25, -0.2) is 9.50 Å². The lowest BCUT2D eigenvalue weighted by molar-refractivity contribution is -0.123. The van der Waals surface area contributed by atoms with E-state index in [9.17, 15) is 18.0 Å². The Hall–Kier alpha value is -3.29. The summed E-state index contributed by atoms with van der Waals surface area (Å²) in [4.78, 5) is 19.2. The number of nitrogens with zero attached hydrogens (tertiary/aromatic N) is 6. The number of thiophene rings is 1. The van der Waals surface area contributed by atoms with Crippen LogP contribution in [0, 0.1) is 0 Å². The van der Waals surface area contributed by atoms with Gasteiger partial charge >= 0.3 is 6.18 Å². The van der Waals surface area contributed by atoms with Crippen molar-refractivity contribution in [3.8, 4) is 22.3 Å². The summed E-state index contributed by atoms with van der Waals surface area (Å²) in [6.07, 6.45) is 5.53. The number of aryl methyl sites for hydroxylation is 1. The fourth-order valence-electron chi connectivity index (χ4n) is 4.01. The summed E-state index contributed by atoms with van der Waals surface area (Å²) in [7, 11) is 0. The number of ether oxygens (including phenoxy) is 1. The number of halogens is 3. The molecule has 36 heavy (non-hydrogen) atoms. The number of carbonyl (C=O) groups is 1. The second-order valence-corrected chi connectivity index (χ2v) is 9.38. The third-order valence-corrected chi connectivity index (χ3v) is 6.80. The van der Waals surface area contributed by atoms with E-state index in [1.807, 2.05) is 22.4 Å². The highest BCUT2D eigenvalue weighted by Crippen LogP contribution is 2.29. The molecule has 0 atom stereocenters. The number of morpholine rings is 1. The number of hydrogen-bond acceptors (Lipinski definition) is 7. The number of amides is 1. The molecule has 1 saturated heterocycles. The number of nitrogens with one attached hydrogen (secondary N) is 1. The molecule has 4 aromatic rings. The molecule has 5 heterocycles. The van der Waals surface area contributed by atoms with Crippen molar-refractivity contribution >= 4 is 22.9 Å². The van der Waals surface area contributed by atoms with Gasteiger partial charge in [-0.05, 0) is 23.4 Å². The molecule has 13 heteroatoms. The summed E-state index contributed by atoms with van der Waals surface area (Å²) >= 11 is 1.07. The van der Waals surface area contributed by atoms with Gasteiger partial charge in [0, 0.05) is 61.5 Å². The van der Waals surface area contributed by atoms with Crippen molar-refractivity contribution in [1.29, 1.82) is 0 Å². The van der Waals surface area contributed by atoms with Crippen molar-refractivity contribution in [1.82, 2.24) is 34.6 Å². The molecule has 4 aromatic heterocycles. The third-order valence-electron chi connectivity index (χ3n) is 5.87. The summed E-state index contributed by atoms with van der Waals surface area (Å²) in [6, 6.07) is 1.55. The van der Waals surface area contributed by atoms with E-state index >= 15 is 0 Å². The molecular formula is C23H24F3N7O2S. The van der Waals surface area contributed by atoms with Crippen LogP contribution in [0.1, 0.15) is 16.1 Å². The molecule has 0 unspecified atom stereocenters. The molecule has 0 bridgehead atoms. The van der Waals surface area contributed by atoms with Gasteiger partial charge in [0.05, 0.1) is 30.5 Å². The molecule has 190 valence electrons. The Morgan fingerprint density at radius 1 is 1.06 bits per heavy atom. The first-order valence-electron chi connectivity index (χ1n) is 11.5. The van der Waals surface area contributed by atoms with Gasteiger partial charge in [-0.2, -0.15) is 23.4 Å². The Kier molecular flexibility index (Phi) is 7.03. The molecule has 0 spiro atoms. The molecule has 1 aliphatic heterocycles. The van der Waals surface area contributed by atoms with Gasteiger partial charge in [0.2, 0.25) is 0 Å². The quantitative estimate of drug-likeness (QED) is 0.384. The van der Waals surface area contributed by atoms with Crippen molar-refractivity contribution in [3.05, 3.63) is 47.3 Å². The maximum absolute atomic E-state index is 12.4. The van der Waals surface area contributed by atoms with Gasteiger partial charge in [-0.3, -0.25) is 14.4 Å². The number of rotatable bonds is 8. The molecule has 0 aliphatic carbocycles. The zero-order valence-corrected chi connectivity index (χ0v) is 20.1. The summed E-state index contributed by atoms with van der Waals surface area (Å²) in [6.45, 7) is 3.99. The highest BCUT2D eigenvalue weighted by molar-refractivity contribution is 7.12. The highest BCUT2D eigenvalue weighted by Gasteiger charge is 2.28. The van der Waals surface area contributed by atoms with E-state index in [-0.39, 0.29) is 4.88 Å². The molecule has 1 fully saturated rings. The Morgan fingerprint density at radius 2 is 1.86 bits per heavy atom. The molecule has 9 nitrogen and oxygen atoms in total. The van der Waals surface area contributed by atoms with Crippen LogP contribution in [0.2, 0.25) is 0 Å². The topological polar surface area (TPSA) is 89.6 Å². The molecule has 1 N–H and O–H groups in total. The van der Waals surface area contributed by atoms with Crippen molar-refractivity contribution in [3.63, 3.8) is 0 Å². The van der Waals surface area contributed by atoms with Crippen LogP contribution >= 0.6 is 11.3 Å². The Balaban J connectivity index is 1.24. The normalized spacial score (nSPS) is 15.0. The van der Waals surface area contributed by atoms with Crippen LogP contribution in [-0.4, -0.2) is 80.8 Å². The Morgan fingerprint density at radius 3 is 2.67 bits per heavy atom. The second kappa shape index (κ2) is 10.4. The number of hydrogen-bond donors (Lipinski definition) is 1. The predicted molar refractivity (Wildman–Crippen MR) is 128 cm³/mol. The van der Waals surface area contributed by atoms with E-state index < -0.39 is 18.6 Å². The van der Waals surface area contributed by atoms with E-state index in [2.05, 4.69) is 20.1 Å². The Labute approximate surface area is 208 Å². The lowest BCUT2D eigenvalue weighted by atomic mass is 10.1. The summed E-state index contributed by atoms with van der Waals surface area (Å²) in [5.41, 5.74) is 3.71.